The minimum absolute atomic E-state index is 0.237. The van der Waals surface area contributed by atoms with E-state index in [0.29, 0.717) is 5.52 Å². The minimum atomic E-state index is 0.237. The summed E-state index contributed by atoms with van der Waals surface area (Å²) in [6.45, 7) is 2.66. The average Bonchev–Trinajstić information content (AvgIpc) is 3.01. The molecule has 114 valence electrons. The molecular formula is C17H20N4O. The number of hydrogen-bond acceptors (Lipinski definition) is 4. The van der Waals surface area contributed by atoms with Crippen molar-refractivity contribution < 1.29 is 5.11 Å². The summed E-state index contributed by atoms with van der Waals surface area (Å²) < 4.78 is 1.94. The first-order valence-electron chi connectivity index (χ1n) is 7.46. The SMILES string of the molecule is CN(CCCn1cccn1)Cc1ccc2cccc(O)c2n1. The first-order chi connectivity index (χ1) is 10.7. The summed E-state index contributed by atoms with van der Waals surface area (Å²) >= 11 is 0. The second-order valence-corrected chi connectivity index (χ2v) is 5.51. The average molecular weight is 296 g/mol. The van der Waals surface area contributed by atoms with Crippen molar-refractivity contribution in [3.63, 3.8) is 0 Å². The van der Waals surface area contributed by atoms with Crippen molar-refractivity contribution in [2.24, 2.45) is 0 Å². The van der Waals surface area contributed by atoms with E-state index in [1.165, 1.54) is 0 Å². The van der Waals surface area contributed by atoms with Crippen LogP contribution in [0.5, 0.6) is 5.75 Å². The van der Waals surface area contributed by atoms with E-state index in [9.17, 15) is 5.11 Å². The zero-order valence-electron chi connectivity index (χ0n) is 12.7. The molecule has 0 atom stereocenters. The van der Waals surface area contributed by atoms with Crippen LogP contribution in [0.3, 0.4) is 0 Å². The third kappa shape index (κ3) is 3.43. The maximum absolute atomic E-state index is 9.89. The molecule has 0 spiro atoms. The Balaban J connectivity index is 1.59. The normalized spacial score (nSPS) is 11.4. The molecule has 0 aliphatic rings. The first-order valence-corrected chi connectivity index (χ1v) is 7.46. The number of aromatic hydroxyl groups is 1. The van der Waals surface area contributed by atoms with Crippen LogP contribution in [0.1, 0.15) is 12.1 Å². The van der Waals surface area contributed by atoms with Crippen LogP contribution >= 0.6 is 0 Å². The number of para-hydroxylation sites is 1. The molecule has 0 fully saturated rings. The molecule has 1 aromatic carbocycles. The molecule has 22 heavy (non-hydrogen) atoms. The van der Waals surface area contributed by atoms with E-state index in [-0.39, 0.29) is 5.75 Å². The molecule has 5 heteroatoms. The van der Waals surface area contributed by atoms with E-state index in [2.05, 4.69) is 22.0 Å². The number of fused-ring (bicyclic) bond motifs is 1. The number of pyridine rings is 1. The van der Waals surface area contributed by atoms with E-state index in [1.54, 1.807) is 12.3 Å². The van der Waals surface area contributed by atoms with Crippen molar-refractivity contribution in [2.45, 2.75) is 19.5 Å². The Labute approximate surface area is 129 Å². The molecular weight excluding hydrogens is 276 g/mol. The van der Waals surface area contributed by atoms with Gasteiger partial charge in [0.2, 0.25) is 0 Å². The Hall–Kier alpha value is -2.40. The van der Waals surface area contributed by atoms with Crippen LogP contribution < -0.4 is 0 Å². The lowest BCUT2D eigenvalue weighted by molar-refractivity contribution is 0.308. The molecule has 3 aromatic rings. The fraction of sp³-hybridized carbons (Fsp3) is 0.294. The summed E-state index contributed by atoms with van der Waals surface area (Å²) in [6, 6.07) is 11.4. The summed E-state index contributed by atoms with van der Waals surface area (Å²) in [7, 11) is 2.08. The largest absolute Gasteiger partial charge is 0.506 e. The monoisotopic (exact) mass is 296 g/mol. The first kappa shape index (κ1) is 14.5. The smallest absolute Gasteiger partial charge is 0.141 e. The highest BCUT2D eigenvalue weighted by atomic mass is 16.3. The van der Waals surface area contributed by atoms with Crippen LogP contribution in [0, 0.1) is 0 Å². The minimum Gasteiger partial charge on any atom is -0.506 e. The van der Waals surface area contributed by atoms with Crippen LogP contribution in [-0.4, -0.2) is 38.4 Å². The fourth-order valence-electron chi connectivity index (χ4n) is 2.55. The molecule has 0 unspecified atom stereocenters. The lowest BCUT2D eigenvalue weighted by atomic mass is 10.2. The Kier molecular flexibility index (Phi) is 4.34. The van der Waals surface area contributed by atoms with Gasteiger partial charge >= 0.3 is 0 Å². The highest BCUT2D eigenvalue weighted by Gasteiger charge is 2.05. The molecule has 2 heterocycles. The third-order valence-electron chi connectivity index (χ3n) is 3.67. The van der Waals surface area contributed by atoms with Gasteiger partial charge in [-0.05, 0) is 31.7 Å². The van der Waals surface area contributed by atoms with Gasteiger partial charge < -0.3 is 10.0 Å². The van der Waals surface area contributed by atoms with Gasteiger partial charge in [-0.15, -0.1) is 0 Å². The molecule has 0 saturated heterocycles. The predicted molar refractivity (Wildman–Crippen MR) is 86.6 cm³/mol. The number of hydrogen-bond donors (Lipinski definition) is 1. The molecule has 0 aliphatic heterocycles. The van der Waals surface area contributed by atoms with Crippen LogP contribution in [0.2, 0.25) is 0 Å². The van der Waals surface area contributed by atoms with Gasteiger partial charge in [0.1, 0.15) is 11.3 Å². The topological polar surface area (TPSA) is 54.2 Å². The molecule has 0 amide bonds. The van der Waals surface area contributed by atoms with Crippen molar-refractivity contribution in [1.82, 2.24) is 19.7 Å². The van der Waals surface area contributed by atoms with Crippen molar-refractivity contribution in [3.05, 3.63) is 54.5 Å². The second kappa shape index (κ2) is 6.58. The maximum Gasteiger partial charge on any atom is 0.141 e. The quantitative estimate of drug-likeness (QED) is 0.760. The van der Waals surface area contributed by atoms with Gasteiger partial charge in [-0.1, -0.05) is 18.2 Å². The summed E-state index contributed by atoms with van der Waals surface area (Å²) in [5, 5.41) is 15.1. The van der Waals surface area contributed by atoms with Gasteiger partial charge in [0.15, 0.2) is 0 Å². The van der Waals surface area contributed by atoms with E-state index < -0.39 is 0 Å². The third-order valence-corrected chi connectivity index (χ3v) is 3.67. The molecule has 1 N–H and O–H groups in total. The molecule has 3 rings (SSSR count). The standard InChI is InChI=1S/C17H20N4O/c1-20(10-4-12-21-11-3-9-18-21)13-15-8-7-14-5-2-6-16(22)17(14)19-15/h2-3,5-9,11,22H,4,10,12-13H2,1H3. The van der Waals surface area contributed by atoms with Crippen LogP contribution in [0.25, 0.3) is 10.9 Å². The highest BCUT2D eigenvalue weighted by Crippen LogP contribution is 2.22. The summed E-state index contributed by atoms with van der Waals surface area (Å²) in [5.74, 6) is 0.237. The van der Waals surface area contributed by atoms with Gasteiger partial charge in [0, 0.05) is 37.4 Å². The summed E-state index contributed by atoms with van der Waals surface area (Å²) in [5.41, 5.74) is 1.64. The Morgan fingerprint density at radius 2 is 2.09 bits per heavy atom. The maximum atomic E-state index is 9.89. The molecule has 0 bridgehead atoms. The van der Waals surface area contributed by atoms with Gasteiger partial charge in [-0.2, -0.15) is 5.10 Å². The van der Waals surface area contributed by atoms with Crippen molar-refractivity contribution >= 4 is 10.9 Å². The van der Waals surface area contributed by atoms with E-state index in [1.807, 2.05) is 41.2 Å². The number of phenols is 1. The number of rotatable bonds is 6. The second-order valence-electron chi connectivity index (χ2n) is 5.51. The number of phenolic OH excluding ortho intramolecular Hbond substituents is 1. The van der Waals surface area contributed by atoms with Crippen molar-refractivity contribution in [3.8, 4) is 5.75 Å². The number of nitrogens with zero attached hydrogens (tertiary/aromatic N) is 4. The van der Waals surface area contributed by atoms with E-state index in [0.717, 1.165) is 37.1 Å². The highest BCUT2D eigenvalue weighted by molar-refractivity contribution is 5.84. The van der Waals surface area contributed by atoms with Crippen LogP contribution in [0.15, 0.2) is 48.8 Å². The van der Waals surface area contributed by atoms with Gasteiger partial charge in [0.25, 0.3) is 0 Å². The number of aromatic nitrogens is 3. The number of aryl methyl sites for hydroxylation is 1. The van der Waals surface area contributed by atoms with Crippen molar-refractivity contribution in [1.29, 1.82) is 0 Å². The zero-order valence-corrected chi connectivity index (χ0v) is 12.7. The molecule has 0 aliphatic carbocycles. The van der Waals surface area contributed by atoms with Crippen LogP contribution in [0.4, 0.5) is 0 Å². The Bertz CT molecular complexity index is 740. The molecule has 5 nitrogen and oxygen atoms in total. The van der Waals surface area contributed by atoms with Gasteiger partial charge in [-0.3, -0.25) is 4.68 Å². The van der Waals surface area contributed by atoms with E-state index in [4.69, 9.17) is 0 Å². The number of benzene rings is 1. The Morgan fingerprint density at radius 1 is 1.18 bits per heavy atom. The van der Waals surface area contributed by atoms with Gasteiger partial charge in [0.05, 0.1) is 5.69 Å². The lowest BCUT2D eigenvalue weighted by Crippen LogP contribution is -2.21. The van der Waals surface area contributed by atoms with Crippen LogP contribution in [-0.2, 0) is 13.1 Å². The predicted octanol–water partition coefficient (Wildman–Crippen LogP) is 2.66. The summed E-state index contributed by atoms with van der Waals surface area (Å²) in [6.07, 6.45) is 4.82. The summed E-state index contributed by atoms with van der Waals surface area (Å²) in [4.78, 5) is 6.80. The van der Waals surface area contributed by atoms with E-state index >= 15 is 0 Å². The molecule has 0 saturated carbocycles. The Morgan fingerprint density at radius 3 is 2.91 bits per heavy atom. The zero-order chi connectivity index (χ0) is 15.4. The fourth-order valence-corrected chi connectivity index (χ4v) is 2.55. The molecule has 2 aromatic heterocycles. The van der Waals surface area contributed by atoms with Gasteiger partial charge in [-0.25, -0.2) is 4.98 Å². The lowest BCUT2D eigenvalue weighted by Gasteiger charge is -2.16. The van der Waals surface area contributed by atoms with Crippen molar-refractivity contribution in [2.75, 3.05) is 13.6 Å². The molecule has 0 radical (unpaired) electrons.